The van der Waals surface area contributed by atoms with E-state index in [2.05, 4.69) is 4.72 Å². The highest BCUT2D eigenvalue weighted by Gasteiger charge is 2.22. The van der Waals surface area contributed by atoms with Gasteiger partial charge in [-0.05, 0) is 55.4 Å². The average Bonchev–Trinajstić information content (AvgIpc) is 2.48. The second kappa shape index (κ2) is 7.38. The molecule has 118 valence electrons. The zero-order valence-electron chi connectivity index (χ0n) is 12.2. The first-order valence-electron chi connectivity index (χ1n) is 7.12. The van der Waals surface area contributed by atoms with E-state index in [9.17, 15) is 8.42 Å². The zero-order chi connectivity index (χ0) is 15.3. The van der Waals surface area contributed by atoms with E-state index < -0.39 is 10.0 Å². The summed E-state index contributed by atoms with van der Waals surface area (Å²) in [4.78, 5) is 0.120. The lowest BCUT2D eigenvalue weighted by Gasteiger charge is -2.21. The fourth-order valence-electron chi connectivity index (χ4n) is 2.27. The van der Waals surface area contributed by atoms with E-state index in [0.29, 0.717) is 30.5 Å². The molecule has 5 nitrogen and oxygen atoms in total. The molecule has 0 bridgehead atoms. The standard InChI is InChI=1S/C14H22N2O3S2/c1-2-19-13-4-3-12(15)9-14(13)21(17,18)16-10-11-5-7-20-8-6-11/h3-4,9,11,16H,2,5-8,10,15H2,1H3. The van der Waals surface area contributed by atoms with Gasteiger partial charge < -0.3 is 10.5 Å². The van der Waals surface area contributed by atoms with E-state index in [0.717, 1.165) is 24.3 Å². The summed E-state index contributed by atoms with van der Waals surface area (Å²) in [7, 11) is -3.60. The van der Waals surface area contributed by atoms with Crippen LogP contribution in [0.4, 0.5) is 5.69 Å². The minimum atomic E-state index is -3.60. The molecule has 0 saturated carbocycles. The summed E-state index contributed by atoms with van der Waals surface area (Å²) in [5, 5.41) is 0. The highest BCUT2D eigenvalue weighted by atomic mass is 32.2. The van der Waals surface area contributed by atoms with Crippen molar-refractivity contribution >= 4 is 27.5 Å². The molecule has 1 aromatic rings. The maximum Gasteiger partial charge on any atom is 0.244 e. The number of benzene rings is 1. The van der Waals surface area contributed by atoms with Gasteiger partial charge in [0.1, 0.15) is 10.6 Å². The van der Waals surface area contributed by atoms with Crippen LogP contribution >= 0.6 is 11.8 Å². The second-order valence-electron chi connectivity index (χ2n) is 5.05. The summed E-state index contributed by atoms with van der Waals surface area (Å²) in [5.41, 5.74) is 6.12. The van der Waals surface area contributed by atoms with E-state index in [1.54, 1.807) is 12.1 Å². The highest BCUT2D eigenvalue weighted by Crippen LogP contribution is 2.27. The van der Waals surface area contributed by atoms with E-state index >= 15 is 0 Å². The number of thioether (sulfide) groups is 1. The van der Waals surface area contributed by atoms with Gasteiger partial charge in [0.15, 0.2) is 0 Å². The minimum absolute atomic E-state index is 0.120. The predicted octanol–water partition coefficient (Wildman–Crippen LogP) is 2.09. The first-order valence-corrected chi connectivity index (χ1v) is 9.76. The Bertz CT molecular complexity index is 570. The topological polar surface area (TPSA) is 81.4 Å². The molecule has 0 spiro atoms. The molecule has 1 fully saturated rings. The SMILES string of the molecule is CCOc1ccc(N)cc1S(=O)(=O)NCC1CCSCC1. The van der Waals surface area contributed by atoms with Crippen LogP contribution in [0, 0.1) is 5.92 Å². The molecule has 1 saturated heterocycles. The van der Waals surface area contributed by atoms with Crippen LogP contribution in [-0.4, -0.2) is 33.1 Å². The van der Waals surface area contributed by atoms with Crippen molar-refractivity contribution in [2.24, 2.45) is 5.92 Å². The molecule has 1 aliphatic heterocycles. The number of nitrogens with two attached hydrogens (primary N) is 1. The average molecular weight is 330 g/mol. The van der Waals surface area contributed by atoms with Crippen molar-refractivity contribution < 1.29 is 13.2 Å². The van der Waals surface area contributed by atoms with Crippen molar-refractivity contribution in [2.75, 3.05) is 30.4 Å². The summed E-state index contributed by atoms with van der Waals surface area (Å²) in [6, 6.07) is 4.69. The molecule has 3 N–H and O–H groups in total. The lowest BCUT2D eigenvalue weighted by molar-refractivity contribution is 0.331. The Morgan fingerprint density at radius 1 is 1.38 bits per heavy atom. The molecule has 1 aromatic carbocycles. The van der Waals surface area contributed by atoms with Crippen LogP contribution in [0.15, 0.2) is 23.1 Å². The Morgan fingerprint density at radius 2 is 2.10 bits per heavy atom. The zero-order valence-corrected chi connectivity index (χ0v) is 13.8. The van der Waals surface area contributed by atoms with Crippen LogP contribution < -0.4 is 15.2 Å². The number of anilines is 1. The fourth-order valence-corrected chi connectivity index (χ4v) is 4.76. The molecule has 0 radical (unpaired) electrons. The number of rotatable bonds is 6. The van der Waals surface area contributed by atoms with Gasteiger partial charge in [0.05, 0.1) is 6.61 Å². The van der Waals surface area contributed by atoms with Crippen molar-refractivity contribution in [2.45, 2.75) is 24.7 Å². The number of hydrogen-bond donors (Lipinski definition) is 2. The van der Waals surface area contributed by atoms with Crippen molar-refractivity contribution in [1.29, 1.82) is 0 Å². The molecule has 0 unspecified atom stereocenters. The van der Waals surface area contributed by atoms with E-state index in [1.807, 2.05) is 18.7 Å². The first-order chi connectivity index (χ1) is 10.0. The van der Waals surface area contributed by atoms with Gasteiger partial charge in [-0.1, -0.05) is 0 Å². The van der Waals surface area contributed by atoms with Crippen LogP contribution in [-0.2, 0) is 10.0 Å². The van der Waals surface area contributed by atoms with E-state index in [1.165, 1.54) is 6.07 Å². The lowest BCUT2D eigenvalue weighted by Crippen LogP contribution is -2.31. The van der Waals surface area contributed by atoms with Gasteiger partial charge in [0, 0.05) is 12.2 Å². The van der Waals surface area contributed by atoms with Crippen molar-refractivity contribution in [3.8, 4) is 5.75 Å². The van der Waals surface area contributed by atoms with Gasteiger partial charge in [-0.25, -0.2) is 13.1 Å². The maximum atomic E-state index is 12.5. The van der Waals surface area contributed by atoms with Crippen molar-refractivity contribution in [1.82, 2.24) is 4.72 Å². The molecule has 1 heterocycles. The van der Waals surface area contributed by atoms with Crippen molar-refractivity contribution in [3.63, 3.8) is 0 Å². The van der Waals surface area contributed by atoms with E-state index in [4.69, 9.17) is 10.5 Å². The predicted molar refractivity (Wildman–Crippen MR) is 87.3 cm³/mol. The summed E-state index contributed by atoms with van der Waals surface area (Å²) < 4.78 is 33.0. The molecule has 0 aliphatic carbocycles. The summed E-state index contributed by atoms with van der Waals surface area (Å²) in [6.45, 7) is 2.70. The summed E-state index contributed by atoms with van der Waals surface area (Å²) >= 11 is 1.93. The number of nitrogen functional groups attached to an aromatic ring is 1. The third-order valence-corrected chi connectivity index (χ3v) is 5.95. The monoisotopic (exact) mass is 330 g/mol. The molecule has 7 heteroatoms. The van der Waals surface area contributed by atoms with Gasteiger partial charge in [-0.15, -0.1) is 0 Å². The van der Waals surface area contributed by atoms with Crippen LogP contribution in [0.3, 0.4) is 0 Å². The molecule has 0 atom stereocenters. The van der Waals surface area contributed by atoms with Crippen molar-refractivity contribution in [3.05, 3.63) is 18.2 Å². The molecular formula is C14H22N2O3S2. The number of sulfonamides is 1. The molecule has 0 aromatic heterocycles. The molecular weight excluding hydrogens is 308 g/mol. The lowest BCUT2D eigenvalue weighted by atomic mass is 10.0. The van der Waals surface area contributed by atoms with Crippen LogP contribution in [0.1, 0.15) is 19.8 Å². The molecule has 2 rings (SSSR count). The number of ether oxygens (including phenoxy) is 1. The Kier molecular flexibility index (Phi) is 5.78. The van der Waals surface area contributed by atoms with Gasteiger partial charge in [-0.2, -0.15) is 11.8 Å². The minimum Gasteiger partial charge on any atom is -0.492 e. The van der Waals surface area contributed by atoms with Crippen LogP contribution in [0.5, 0.6) is 5.75 Å². The smallest absolute Gasteiger partial charge is 0.244 e. The van der Waals surface area contributed by atoms with Gasteiger partial charge in [0.2, 0.25) is 10.0 Å². The van der Waals surface area contributed by atoms with E-state index in [-0.39, 0.29) is 4.90 Å². The Morgan fingerprint density at radius 3 is 2.76 bits per heavy atom. The molecule has 21 heavy (non-hydrogen) atoms. The van der Waals surface area contributed by atoms with Crippen LogP contribution in [0.25, 0.3) is 0 Å². The van der Waals surface area contributed by atoms with Gasteiger partial charge >= 0.3 is 0 Å². The third-order valence-electron chi connectivity index (χ3n) is 3.46. The first kappa shape index (κ1) is 16.5. The maximum absolute atomic E-state index is 12.5. The van der Waals surface area contributed by atoms with Gasteiger partial charge in [0.25, 0.3) is 0 Å². The van der Waals surface area contributed by atoms with Crippen LogP contribution in [0.2, 0.25) is 0 Å². The summed E-state index contributed by atoms with van der Waals surface area (Å²) in [6.07, 6.45) is 2.12. The fraction of sp³-hybridized carbons (Fsp3) is 0.571. The Labute approximate surface area is 130 Å². The number of nitrogens with one attached hydrogen (secondary N) is 1. The normalized spacial score (nSPS) is 16.8. The Hall–Kier alpha value is -0.920. The third kappa shape index (κ3) is 4.52. The quantitative estimate of drug-likeness (QED) is 0.781. The molecule has 0 amide bonds. The summed E-state index contributed by atoms with van der Waals surface area (Å²) in [5.74, 6) is 2.97. The Balaban J connectivity index is 2.12. The second-order valence-corrected chi connectivity index (χ2v) is 8.01. The molecule has 1 aliphatic rings. The highest BCUT2D eigenvalue weighted by molar-refractivity contribution is 7.99. The largest absolute Gasteiger partial charge is 0.492 e. The number of hydrogen-bond acceptors (Lipinski definition) is 5. The van der Waals surface area contributed by atoms with Gasteiger partial charge in [-0.3, -0.25) is 0 Å².